The first-order chi connectivity index (χ1) is 13.4. The highest BCUT2D eigenvalue weighted by Gasteiger charge is 2.16. The maximum Gasteiger partial charge on any atom is 0.255 e. The Labute approximate surface area is 170 Å². The Morgan fingerprint density at radius 3 is 2.18 bits per heavy atom. The molecular formula is C24H23NO2S. The molecule has 3 aromatic carbocycles. The maximum absolute atomic E-state index is 12.9. The second-order valence-electron chi connectivity index (χ2n) is 6.89. The number of amides is 1. The van der Waals surface area contributed by atoms with E-state index in [1.54, 1.807) is 30.0 Å². The van der Waals surface area contributed by atoms with E-state index in [4.69, 9.17) is 0 Å². The van der Waals surface area contributed by atoms with Gasteiger partial charge in [0.05, 0.1) is 5.69 Å². The van der Waals surface area contributed by atoms with Crippen LogP contribution in [0.4, 0.5) is 5.69 Å². The summed E-state index contributed by atoms with van der Waals surface area (Å²) in [5.41, 5.74) is 3.13. The zero-order chi connectivity index (χ0) is 20.1. The van der Waals surface area contributed by atoms with Crippen LogP contribution >= 0.6 is 11.8 Å². The van der Waals surface area contributed by atoms with E-state index < -0.39 is 0 Å². The second kappa shape index (κ2) is 8.89. The van der Waals surface area contributed by atoms with E-state index in [0.29, 0.717) is 27.6 Å². The fourth-order valence-electron chi connectivity index (χ4n) is 2.85. The molecule has 0 saturated carbocycles. The van der Waals surface area contributed by atoms with Crippen molar-refractivity contribution < 1.29 is 9.59 Å². The minimum Gasteiger partial charge on any atom is -0.321 e. The highest BCUT2D eigenvalue weighted by atomic mass is 32.2. The molecule has 0 bridgehead atoms. The molecule has 0 fully saturated rings. The third-order valence-corrected chi connectivity index (χ3v) is 5.21. The number of ketones is 1. The molecule has 1 N–H and O–H groups in total. The molecule has 0 saturated heterocycles. The summed E-state index contributed by atoms with van der Waals surface area (Å²) in [6.45, 7) is 6.19. The summed E-state index contributed by atoms with van der Waals surface area (Å²) >= 11 is 1.75. The lowest BCUT2D eigenvalue weighted by Crippen LogP contribution is -2.15. The van der Waals surface area contributed by atoms with E-state index in [1.165, 1.54) is 0 Å². The van der Waals surface area contributed by atoms with Crippen molar-refractivity contribution in [1.82, 2.24) is 0 Å². The normalized spacial score (nSPS) is 10.7. The lowest BCUT2D eigenvalue weighted by atomic mass is 9.99. The molecule has 3 nitrogen and oxygen atoms in total. The minimum atomic E-state index is -0.230. The molecule has 142 valence electrons. The standard InChI is InChI=1S/C24H23NO2S/c1-16(2)28-20-12-10-19(11-13-20)24(27)25-22-14-9-17(3)15-21(22)23(26)18-7-5-4-6-8-18/h4-16H,1-3H3,(H,25,27). The van der Waals surface area contributed by atoms with Crippen molar-refractivity contribution in [1.29, 1.82) is 0 Å². The molecule has 0 aliphatic carbocycles. The van der Waals surface area contributed by atoms with E-state index in [9.17, 15) is 9.59 Å². The van der Waals surface area contributed by atoms with E-state index in [0.717, 1.165) is 10.5 Å². The number of aryl methyl sites for hydroxylation is 1. The predicted molar refractivity (Wildman–Crippen MR) is 116 cm³/mol. The number of hydrogen-bond donors (Lipinski definition) is 1. The summed E-state index contributed by atoms with van der Waals surface area (Å²) in [5, 5.41) is 3.38. The summed E-state index contributed by atoms with van der Waals surface area (Å²) < 4.78 is 0. The van der Waals surface area contributed by atoms with Crippen molar-refractivity contribution in [3.8, 4) is 0 Å². The first kappa shape index (κ1) is 19.9. The van der Waals surface area contributed by atoms with Crippen LogP contribution in [0.3, 0.4) is 0 Å². The molecule has 28 heavy (non-hydrogen) atoms. The van der Waals surface area contributed by atoms with Gasteiger partial charge in [0.25, 0.3) is 5.91 Å². The topological polar surface area (TPSA) is 46.2 Å². The molecule has 0 aliphatic heterocycles. The Kier molecular flexibility index (Phi) is 6.32. The van der Waals surface area contributed by atoms with Crippen molar-refractivity contribution in [2.75, 3.05) is 5.32 Å². The molecule has 0 aromatic heterocycles. The number of thioether (sulfide) groups is 1. The molecule has 3 aromatic rings. The highest BCUT2D eigenvalue weighted by Crippen LogP contribution is 2.24. The second-order valence-corrected chi connectivity index (χ2v) is 8.54. The molecule has 3 rings (SSSR count). The SMILES string of the molecule is Cc1ccc(NC(=O)c2ccc(SC(C)C)cc2)c(C(=O)c2ccccc2)c1. The van der Waals surface area contributed by atoms with Gasteiger partial charge >= 0.3 is 0 Å². The van der Waals surface area contributed by atoms with Gasteiger partial charge in [0.2, 0.25) is 0 Å². The molecule has 0 radical (unpaired) electrons. The Morgan fingerprint density at radius 2 is 1.54 bits per heavy atom. The van der Waals surface area contributed by atoms with Crippen LogP contribution in [0, 0.1) is 6.92 Å². The van der Waals surface area contributed by atoms with Crippen LogP contribution in [-0.4, -0.2) is 16.9 Å². The molecule has 0 aliphatic rings. The van der Waals surface area contributed by atoms with Gasteiger partial charge in [-0.2, -0.15) is 0 Å². The summed E-state index contributed by atoms with van der Waals surface area (Å²) in [6.07, 6.45) is 0. The van der Waals surface area contributed by atoms with E-state index >= 15 is 0 Å². The van der Waals surface area contributed by atoms with Gasteiger partial charge in [-0.05, 0) is 43.3 Å². The average molecular weight is 390 g/mol. The molecule has 0 spiro atoms. The van der Waals surface area contributed by atoms with E-state index in [1.807, 2.05) is 61.5 Å². The summed E-state index contributed by atoms with van der Waals surface area (Å²) in [6, 6.07) is 22.1. The Bertz CT molecular complexity index is 979. The largest absolute Gasteiger partial charge is 0.321 e. The van der Waals surface area contributed by atoms with E-state index in [-0.39, 0.29) is 11.7 Å². The zero-order valence-corrected chi connectivity index (χ0v) is 17.0. The zero-order valence-electron chi connectivity index (χ0n) is 16.2. The summed E-state index contributed by atoms with van der Waals surface area (Å²) in [7, 11) is 0. The highest BCUT2D eigenvalue weighted by molar-refractivity contribution is 7.99. The third kappa shape index (κ3) is 4.90. The van der Waals surface area contributed by atoms with Crippen molar-refractivity contribution in [3.05, 3.63) is 95.1 Å². The van der Waals surface area contributed by atoms with Crippen molar-refractivity contribution >= 4 is 29.1 Å². The third-order valence-electron chi connectivity index (χ3n) is 4.19. The van der Waals surface area contributed by atoms with Gasteiger partial charge in [-0.3, -0.25) is 9.59 Å². The summed E-state index contributed by atoms with van der Waals surface area (Å²) in [4.78, 5) is 26.8. The van der Waals surface area contributed by atoms with Crippen molar-refractivity contribution in [2.45, 2.75) is 30.9 Å². The molecule has 1 amide bonds. The predicted octanol–water partition coefficient (Wildman–Crippen LogP) is 5.98. The number of carbonyl (C=O) groups excluding carboxylic acids is 2. The van der Waals surface area contributed by atoms with Gasteiger partial charge in [0.15, 0.2) is 5.78 Å². The fraction of sp³-hybridized carbons (Fsp3) is 0.167. The lowest BCUT2D eigenvalue weighted by Gasteiger charge is -2.12. The van der Waals surface area contributed by atoms with E-state index in [2.05, 4.69) is 19.2 Å². The Morgan fingerprint density at radius 1 is 0.857 bits per heavy atom. The Balaban J connectivity index is 1.84. The molecule has 4 heteroatoms. The maximum atomic E-state index is 12.9. The van der Waals surface area contributed by atoms with Gasteiger partial charge in [0, 0.05) is 26.8 Å². The van der Waals surface area contributed by atoms with Gasteiger partial charge in [-0.15, -0.1) is 11.8 Å². The average Bonchev–Trinajstić information content (AvgIpc) is 2.69. The first-order valence-corrected chi connectivity index (χ1v) is 10.1. The van der Waals surface area contributed by atoms with Crippen LogP contribution in [0.15, 0.2) is 77.7 Å². The molecule has 0 heterocycles. The quantitative estimate of drug-likeness (QED) is 0.417. The van der Waals surface area contributed by atoms with Gasteiger partial charge in [-0.1, -0.05) is 55.8 Å². The number of nitrogens with one attached hydrogen (secondary N) is 1. The van der Waals surface area contributed by atoms with Crippen LogP contribution in [0.2, 0.25) is 0 Å². The van der Waals surface area contributed by atoms with Crippen molar-refractivity contribution in [2.24, 2.45) is 0 Å². The lowest BCUT2D eigenvalue weighted by molar-refractivity contribution is 0.102. The molecular weight excluding hydrogens is 366 g/mol. The number of rotatable bonds is 6. The Hall–Kier alpha value is -2.85. The van der Waals surface area contributed by atoms with Crippen LogP contribution in [0.5, 0.6) is 0 Å². The van der Waals surface area contributed by atoms with Crippen LogP contribution in [-0.2, 0) is 0 Å². The van der Waals surface area contributed by atoms with Crippen molar-refractivity contribution in [3.63, 3.8) is 0 Å². The number of anilines is 1. The summed E-state index contributed by atoms with van der Waals surface area (Å²) in [5.74, 6) is -0.338. The number of hydrogen-bond acceptors (Lipinski definition) is 3. The smallest absolute Gasteiger partial charge is 0.255 e. The first-order valence-electron chi connectivity index (χ1n) is 9.22. The molecule has 0 atom stereocenters. The van der Waals surface area contributed by atoms with Gasteiger partial charge in [0.1, 0.15) is 0 Å². The van der Waals surface area contributed by atoms with Crippen LogP contribution in [0.1, 0.15) is 45.7 Å². The van der Waals surface area contributed by atoms with Crippen LogP contribution < -0.4 is 5.32 Å². The van der Waals surface area contributed by atoms with Gasteiger partial charge in [-0.25, -0.2) is 0 Å². The number of carbonyl (C=O) groups is 2. The van der Waals surface area contributed by atoms with Gasteiger partial charge < -0.3 is 5.32 Å². The van der Waals surface area contributed by atoms with Crippen LogP contribution in [0.25, 0.3) is 0 Å². The molecule has 0 unspecified atom stereocenters. The monoisotopic (exact) mass is 389 g/mol. The number of benzene rings is 3. The minimum absolute atomic E-state index is 0.108. The fourth-order valence-corrected chi connectivity index (χ4v) is 3.69.